The van der Waals surface area contributed by atoms with Crippen molar-refractivity contribution in [1.82, 2.24) is 0 Å². The second kappa shape index (κ2) is 11.3. The Labute approximate surface area is 196 Å². The normalized spacial score (nSPS) is 14.9. The van der Waals surface area contributed by atoms with E-state index in [4.69, 9.17) is 20.3 Å². The standard InChI is InChI=1S/C23H24F7NO4/c1-12(8-19(31)21(32)33)7-17(23(28,29)30)13-3-5-15(20(9-13)35-11-34-2)16-10-14(22(25,26)27)4-6-18(16)24/h3-6,9-10,12,17,19H,7-8,11,31H2,1-2H3,(H,32,33)/t12?,17?,19-/m0/s1. The van der Waals surface area contributed by atoms with Crippen LogP contribution in [0, 0.1) is 11.7 Å². The number of carboxylic acids is 1. The zero-order chi connectivity index (χ0) is 26.6. The molecule has 0 saturated heterocycles. The van der Waals surface area contributed by atoms with Gasteiger partial charge in [-0.3, -0.25) is 4.79 Å². The SMILES string of the molecule is COCOc1cc(C(CC(C)C[C@H](N)C(=O)O)C(F)(F)F)ccc1-c1cc(C(F)(F)F)ccc1F. The number of rotatable bonds is 10. The number of hydrogen-bond donors (Lipinski definition) is 2. The highest BCUT2D eigenvalue weighted by molar-refractivity contribution is 5.73. The van der Waals surface area contributed by atoms with Crippen LogP contribution in [0.3, 0.4) is 0 Å². The van der Waals surface area contributed by atoms with Crippen LogP contribution in [0.15, 0.2) is 36.4 Å². The summed E-state index contributed by atoms with van der Waals surface area (Å²) < 4.78 is 106. The summed E-state index contributed by atoms with van der Waals surface area (Å²) in [4.78, 5) is 10.9. The first-order chi connectivity index (χ1) is 16.1. The van der Waals surface area contributed by atoms with E-state index < -0.39 is 66.4 Å². The smallest absolute Gasteiger partial charge is 0.416 e. The van der Waals surface area contributed by atoms with Crippen LogP contribution in [0.4, 0.5) is 30.7 Å². The molecule has 3 N–H and O–H groups in total. The Kier molecular flexibility index (Phi) is 9.12. The largest absolute Gasteiger partial charge is 0.480 e. The van der Waals surface area contributed by atoms with E-state index in [1.807, 2.05) is 0 Å². The molecule has 0 aliphatic rings. The van der Waals surface area contributed by atoms with Crippen LogP contribution in [0.2, 0.25) is 0 Å². The molecule has 0 bridgehead atoms. The van der Waals surface area contributed by atoms with Crippen LogP contribution in [-0.4, -0.2) is 37.2 Å². The fraction of sp³-hybridized carbons (Fsp3) is 0.435. The number of ether oxygens (including phenoxy) is 2. The van der Waals surface area contributed by atoms with Gasteiger partial charge in [-0.1, -0.05) is 19.1 Å². The van der Waals surface area contributed by atoms with Crippen LogP contribution in [0.5, 0.6) is 5.75 Å². The Morgan fingerprint density at radius 2 is 1.69 bits per heavy atom. The summed E-state index contributed by atoms with van der Waals surface area (Å²) in [6.07, 6.45) is -10.2. The fourth-order valence-corrected chi connectivity index (χ4v) is 3.62. The summed E-state index contributed by atoms with van der Waals surface area (Å²) in [5, 5.41) is 8.92. The van der Waals surface area contributed by atoms with E-state index in [2.05, 4.69) is 0 Å². The maximum Gasteiger partial charge on any atom is 0.416 e. The molecule has 0 heterocycles. The van der Waals surface area contributed by atoms with E-state index in [9.17, 15) is 35.5 Å². The van der Waals surface area contributed by atoms with Gasteiger partial charge >= 0.3 is 18.3 Å². The molecule has 194 valence electrons. The highest BCUT2D eigenvalue weighted by Crippen LogP contribution is 2.44. The molecule has 2 unspecified atom stereocenters. The van der Waals surface area contributed by atoms with Gasteiger partial charge in [0.15, 0.2) is 6.79 Å². The fourth-order valence-electron chi connectivity index (χ4n) is 3.62. The summed E-state index contributed by atoms with van der Waals surface area (Å²) in [5.41, 5.74) is 3.28. The van der Waals surface area contributed by atoms with Gasteiger partial charge in [0, 0.05) is 18.2 Å². The van der Waals surface area contributed by atoms with Crippen molar-refractivity contribution in [1.29, 1.82) is 0 Å². The summed E-state index contributed by atoms with van der Waals surface area (Å²) in [6.45, 7) is 0.966. The Hall–Kier alpha value is -2.86. The first-order valence-corrected chi connectivity index (χ1v) is 10.3. The van der Waals surface area contributed by atoms with Gasteiger partial charge in [-0.05, 0) is 48.6 Å². The van der Waals surface area contributed by atoms with Crippen LogP contribution >= 0.6 is 0 Å². The second-order valence-electron chi connectivity index (χ2n) is 8.11. The Morgan fingerprint density at radius 1 is 1.03 bits per heavy atom. The molecule has 12 heteroatoms. The quantitative estimate of drug-likeness (QED) is 0.304. The lowest BCUT2D eigenvalue weighted by molar-refractivity contribution is -0.154. The number of nitrogens with two attached hydrogens (primary N) is 1. The first-order valence-electron chi connectivity index (χ1n) is 10.3. The van der Waals surface area contributed by atoms with Crippen LogP contribution in [0.25, 0.3) is 11.1 Å². The van der Waals surface area contributed by atoms with Crippen molar-refractivity contribution in [3.05, 3.63) is 53.3 Å². The molecule has 0 aromatic heterocycles. The molecule has 5 nitrogen and oxygen atoms in total. The molecule has 0 aliphatic heterocycles. The number of hydrogen-bond acceptors (Lipinski definition) is 4. The van der Waals surface area contributed by atoms with E-state index in [-0.39, 0.29) is 23.3 Å². The molecule has 2 rings (SSSR count). The van der Waals surface area contributed by atoms with Crippen molar-refractivity contribution >= 4 is 5.97 Å². The maximum absolute atomic E-state index is 14.5. The molecule has 0 amide bonds. The van der Waals surface area contributed by atoms with Gasteiger partial charge in [-0.15, -0.1) is 0 Å². The maximum atomic E-state index is 14.5. The number of aliphatic carboxylic acids is 1. The van der Waals surface area contributed by atoms with Gasteiger partial charge in [0.2, 0.25) is 0 Å². The molecule has 0 saturated carbocycles. The number of alkyl halides is 6. The molecule has 0 spiro atoms. The second-order valence-corrected chi connectivity index (χ2v) is 8.11. The predicted octanol–water partition coefficient (Wildman–Crippen LogP) is 5.97. The van der Waals surface area contributed by atoms with Gasteiger partial charge in [0.05, 0.1) is 11.5 Å². The predicted molar refractivity (Wildman–Crippen MR) is 112 cm³/mol. The van der Waals surface area contributed by atoms with Crippen molar-refractivity contribution < 1.29 is 50.1 Å². The first kappa shape index (κ1) is 28.4. The minimum atomic E-state index is -4.77. The zero-order valence-electron chi connectivity index (χ0n) is 18.7. The van der Waals surface area contributed by atoms with Crippen molar-refractivity contribution in [2.24, 2.45) is 11.7 Å². The number of halogens is 7. The minimum absolute atomic E-state index is 0.198. The third-order valence-corrected chi connectivity index (χ3v) is 5.33. The van der Waals surface area contributed by atoms with Gasteiger partial charge < -0.3 is 20.3 Å². The van der Waals surface area contributed by atoms with Crippen LogP contribution < -0.4 is 10.5 Å². The summed E-state index contributed by atoms with van der Waals surface area (Å²) in [6, 6.07) is 3.40. The molecule has 35 heavy (non-hydrogen) atoms. The monoisotopic (exact) mass is 511 g/mol. The van der Waals surface area contributed by atoms with Gasteiger partial charge in [-0.2, -0.15) is 26.3 Å². The van der Waals surface area contributed by atoms with E-state index in [1.54, 1.807) is 0 Å². The van der Waals surface area contributed by atoms with E-state index in [1.165, 1.54) is 14.0 Å². The molecule has 2 aromatic carbocycles. The molecule has 0 fully saturated rings. The zero-order valence-corrected chi connectivity index (χ0v) is 18.7. The summed E-state index contributed by atoms with van der Waals surface area (Å²) in [5.74, 6) is -5.49. The Bertz CT molecular complexity index is 1020. The van der Waals surface area contributed by atoms with E-state index in [0.29, 0.717) is 18.2 Å². The highest BCUT2D eigenvalue weighted by Gasteiger charge is 2.42. The molecular weight excluding hydrogens is 487 g/mol. The number of benzene rings is 2. The lowest BCUT2D eigenvalue weighted by Crippen LogP contribution is -2.33. The molecule has 2 aromatic rings. The van der Waals surface area contributed by atoms with Crippen molar-refractivity contribution in [3.8, 4) is 16.9 Å². The van der Waals surface area contributed by atoms with Gasteiger partial charge in [0.25, 0.3) is 0 Å². The van der Waals surface area contributed by atoms with Crippen molar-refractivity contribution in [3.63, 3.8) is 0 Å². The Morgan fingerprint density at radius 3 is 2.23 bits per heavy atom. The number of carboxylic acid groups (broad SMARTS) is 1. The van der Waals surface area contributed by atoms with Gasteiger partial charge in [0.1, 0.15) is 17.6 Å². The van der Waals surface area contributed by atoms with Crippen molar-refractivity contribution in [2.75, 3.05) is 13.9 Å². The van der Waals surface area contributed by atoms with Crippen molar-refractivity contribution in [2.45, 2.75) is 44.1 Å². The number of carbonyl (C=O) groups is 1. The minimum Gasteiger partial charge on any atom is -0.480 e. The number of methoxy groups -OCH3 is 1. The van der Waals surface area contributed by atoms with Crippen LogP contribution in [-0.2, 0) is 15.7 Å². The van der Waals surface area contributed by atoms with E-state index in [0.717, 1.165) is 18.2 Å². The topological polar surface area (TPSA) is 81.8 Å². The summed E-state index contributed by atoms with van der Waals surface area (Å²) in [7, 11) is 1.22. The van der Waals surface area contributed by atoms with Crippen LogP contribution in [0.1, 0.15) is 36.8 Å². The van der Waals surface area contributed by atoms with E-state index >= 15 is 0 Å². The lowest BCUT2D eigenvalue weighted by Gasteiger charge is -2.26. The molecule has 3 atom stereocenters. The summed E-state index contributed by atoms with van der Waals surface area (Å²) >= 11 is 0. The highest BCUT2D eigenvalue weighted by atomic mass is 19.4. The third-order valence-electron chi connectivity index (χ3n) is 5.33. The third kappa shape index (κ3) is 7.56. The molecule has 0 radical (unpaired) electrons. The van der Waals surface area contributed by atoms with Gasteiger partial charge in [-0.25, -0.2) is 4.39 Å². The average Bonchev–Trinajstić information content (AvgIpc) is 2.74. The Balaban J connectivity index is 2.53. The average molecular weight is 511 g/mol. The lowest BCUT2D eigenvalue weighted by atomic mass is 9.85. The molecule has 0 aliphatic carbocycles. The molecular formula is C23H24F7NO4.